The van der Waals surface area contributed by atoms with E-state index in [1.807, 2.05) is 6.92 Å². The number of aliphatic imine (C=N–C) groups is 1. The summed E-state index contributed by atoms with van der Waals surface area (Å²) in [5.74, 6) is 1.75. The third-order valence-corrected chi connectivity index (χ3v) is 5.23. The standard InChI is InChI=1S/C21H34N4O2.HI/c1-4-22-21(23-12-17-9-8-16(3)11-20(17)26-5-2)24-13-19-14-25-10-6-7-18(25)15-27-19;/h8-9,11,18-19H,4-7,10,12-15H2,1-3H3,(H2,22,23,24);1H. The maximum absolute atomic E-state index is 6.04. The van der Waals surface area contributed by atoms with Gasteiger partial charge < -0.3 is 20.1 Å². The van der Waals surface area contributed by atoms with Gasteiger partial charge in [-0.1, -0.05) is 12.1 Å². The molecule has 0 bridgehead atoms. The number of ether oxygens (including phenoxy) is 2. The van der Waals surface area contributed by atoms with E-state index in [1.54, 1.807) is 0 Å². The molecule has 28 heavy (non-hydrogen) atoms. The van der Waals surface area contributed by atoms with Gasteiger partial charge in [-0.05, 0) is 51.8 Å². The summed E-state index contributed by atoms with van der Waals surface area (Å²) in [4.78, 5) is 7.32. The fourth-order valence-corrected chi connectivity index (χ4v) is 3.81. The molecule has 0 spiro atoms. The maximum atomic E-state index is 6.04. The van der Waals surface area contributed by atoms with Crippen LogP contribution in [0.2, 0.25) is 0 Å². The minimum Gasteiger partial charge on any atom is -0.494 e. The summed E-state index contributed by atoms with van der Waals surface area (Å²) >= 11 is 0. The van der Waals surface area contributed by atoms with Crippen molar-refractivity contribution < 1.29 is 9.47 Å². The normalized spacial score (nSPS) is 22.3. The van der Waals surface area contributed by atoms with Gasteiger partial charge in [0.05, 0.1) is 25.9 Å². The number of hydrogen-bond acceptors (Lipinski definition) is 4. The van der Waals surface area contributed by atoms with E-state index < -0.39 is 0 Å². The molecule has 2 atom stereocenters. The minimum atomic E-state index is 0. The van der Waals surface area contributed by atoms with Crippen LogP contribution in [0, 0.1) is 6.92 Å². The molecule has 6 nitrogen and oxygen atoms in total. The number of benzene rings is 1. The van der Waals surface area contributed by atoms with Gasteiger partial charge >= 0.3 is 0 Å². The molecule has 3 rings (SSSR count). The number of guanidine groups is 1. The Balaban J connectivity index is 0.00000280. The average Bonchev–Trinajstić information content (AvgIpc) is 3.13. The summed E-state index contributed by atoms with van der Waals surface area (Å²) in [5.41, 5.74) is 2.30. The lowest BCUT2D eigenvalue weighted by Gasteiger charge is -2.35. The van der Waals surface area contributed by atoms with Crippen LogP contribution in [0.1, 0.15) is 37.8 Å². The van der Waals surface area contributed by atoms with E-state index in [-0.39, 0.29) is 30.1 Å². The second-order valence-electron chi connectivity index (χ2n) is 7.37. The summed E-state index contributed by atoms with van der Waals surface area (Å²) in [6, 6.07) is 6.93. The topological polar surface area (TPSA) is 58.1 Å². The van der Waals surface area contributed by atoms with Crippen LogP contribution in [0.4, 0.5) is 0 Å². The number of hydrogen-bond donors (Lipinski definition) is 2. The molecule has 7 heteroatoms. The molecular formula is C21H35IN4O2. The van der Waals surface area contributed by atoms with Crippen molar-refractivity contribution in [1.29, 1.82) is 0 Å². The van der Waals surface area contributed by atoms with Gasteiger partial charge in [0.2, 0.25) is 0 Å². The van der Waals surface area contributed by atoms with E-state index >= 15 is 0 Å². The highest BCUT2D eigenvalue weighted by Gasteiger charge is 2.32. The summed E-state index contributed by atoms with van der Waals surface area (Å²) in [5, 5.41) is 6.78. The second-order valence-corrected chi connectivity index (χ2v) is 7.37. The molecule has 2 N–H and O–H groups in total. The quantitative estimate of drug-likeness (QED) is 0.341. The molecule has 158 valence electrons. The van der Waals surface area contributed by atoms with E-state index in [9.17, 15) is 0 Å². The number of halogens is 1. The molecule has 0 aromatic heterocycles. The molecule has 2 aliphatic heterocycles. The van der Waals surface area contributed by atoms with Crippen molar-refractivity contribution >= 4 is 29.9 Å². The Morgan fingerprint density at radius 2 is 2.18 bits per heavy atom. The maximum Gasteiger partial charge on any atom is 0.191 e. The smallest absolute Gasteiger partial charge is 0.191 e. The average molecular weight is 502 g/mol. The first-order valence-electron chi connectivity index (χ1n) is 10.3. The Bertz CT molecular complexity index is 641. The first kappa shape index (κ1) is 23.2. The van der Waals surface area contributed by atoms with E-state index in [4.69, 9.17) is 14.5 Å². The van der Waals surface area contributed by atoms with Crippen LogP contribution >= 0.6 is 24.0 Å². The largest absolute Gasteiger partial charge is 0.494 e. The number of nitrogens with one attached hydrogen (secondary N) is 2. The Labute approximate surface area is 186 Å². The molecule has 2 fully saturated rings. The van der Waals surface area contributed by atoms with Gasteiger partial charge in [0.25, 0.3) is 0 Å². The SMILES string of the molecule is CCNC(=NCc1ccc(C)cc1OCC)NCC1CN2CCCC2CO1.I. The van der Waals surface area contributed by atoms with Crippen molar-refractivity contribution in [2.24, 2.45) is 4.99 Å². The van der Waals surface area contributed by atoms with Gasteiger partial charge in [-0.2, -0.15) is 0 Å². The molecule has 2 unspecified atom stereocenters. The number of aryl methyl sites for hydroxylation is 1. The van der Waals surface area contributed by atoms with Gasteiger partial charge in [-0.3, -0.25) is 4.90 Å². The lowest BCUT2D eigenvalue weighted by Crippen LogP contribution is -2.51. The Morgan fingerprint density at radius 1 is 1.32 bits per heavy atom. The van der Waals surface area contributed by atoms with E-state index in [2.05, 4.69) is 47.6 Å². The van der Waals surface area contributed by atoms with Gasteiger partial charge in [0.1, 0.15) is 5.75 Å². The van der Waals surface area contributed by atoms with Crippen LogP contribution in [0.5, 0.6) is 5.75 Å². The predicted molar refractivity (Wildman–Crippen MR) is 125 cm³/mol. The van der Waals surface area contributed by atoms with Crippen LogP contribution < -0.4 is 15.4 Å². The zero-order chi connectivity index (χ0) is 19.1. The molecule has 0 amide bonds. The van der Waals surface area contributed by atoms with Crippen molar-refractivity contribution in [1.82, 2.24) is 15.5 Å². The summed E-state index contributed by atoms with van der Waals surface area (Å²) in [7, 11) is 0. The Morgan fingerprint density at radius 3 is 2.96 bits per heavy atom. The van der Waals surface area contributed by atoms with Crippen LogP contribution in [-0.4, -0.2) is 62.4 Å². The van der Waals surface area contributed by atoms with Crippen molar-refractivity contribution in [2.45, 2.75) is 52.3 Å². The first-order chi connectivity index (χ1) is 13.2. The van der Waals surface area contributed by atoms with E-state index in [0.29, 0.717) is 19.2 Å². The van der Waals surface area contributed by atoms with Gasteiger partial charge in [0.15, 0.2) is 5.96 Å². The molecule has 2 saturated heterocycles. The Hall–Kier alpha value is -1.06. The Kier molecular flexibility index (Phi) is 9.81. The van der Waals surface area contributed by atoms with Gasteiger partial charge in [0, 0.05) is 31.2 Å². The zero-order valence-corrected chi connectivity index (χ0v) is 19.7. The van der Waals surface area contributed by atoms with Crippen molar-refractivity contribution in [3.63, 3.8) is 0 Å². The van der Waals surface area contributed by atoms with Crippen molar-refractivity contribution in [3.05, 3.63) is 29.3 Å². The molecule has 2 aliphatic rings. The number of nitrogens with zero attached hydrogens (tertiary/aromatic N) is 2. The van der Waals surface area contributed by atoms with Crippen molar-refractivity contribution in [2.75, 3.05) is 39.4 Å². The zero-order valence-electron chi connectivity index (χ0n) is 17.4. The number of morpholine rings is 1. The summed E-state index contributed by atoms with van der Waals surface area (Å²) < 4.78 is 11.8. The summed E-state index contributed by atoms with van der Waals surface area (Å²) in [6.07, 6.45) is 2.81. The van der Waals surface area contributed by atoms with Gasteiger partial charge in [-0.15, -0.1) is 24.0 Å². The minimum absolute atomic E-state index is 0. The fraction of sp³-hybridized carbons (Fsp3) is 0.667. The molecule has 0 radical (unpaired) electrons. The highest BCUT2D eigenvalue weighted by molar-refractivity contribution is 14.0. The lowest BCUT2D eigenvalue weighted by molar-refractivity contribution is -0.0453. The van der Waals surface area contributed by atoms with Crippen LogP contribution in [0.15, 0.2) is 23.2 Å². The van der Waals surface area contributed by atoms with E-state index in [0.717, 1.165) is 43.5 Å². The molecule has 1 aromatic rings. The molecular weight excluding hydrogens is 467 g/mol. The fourth-order valence-electron chi connectivity index (χ4n) is 3.81. The highest BCUT2D eigenvalue weighted by Crippen LogP contribution is 2.23. The van der Waals surface area contributed by atoms with E-state index in [1.165, 1.54) is 24.9 Å². The first-order valence-corrected chi connectivity index (χ1v) is 10.3. The molecule has 2 heterocycles. The summed E-state index contributed by atoms with van der Waals surface area (Å²) in [6.45, 7) is 12.1. The monoisotopic (exact) mass is 502 g/mol. The third kappa shape index (κ3) is 6.49. The third-order valence-electron chi connectivity index (χ3n) is 5.23. The lowest BCUT2D eigenvalue weighted by atomic mass is 10.1. The molecule has 1 aromatic carbocycles. The molecule has 0 saturated carbocycles. The van der Waals surface area contributed by atoms with Crippen LogP contribution in [0.3, 0.4) is 0 Å². The van der Waals surface area contributed by atoms with Crippen molar-refractivity contribution in [3.8, 4) is 5.75 Å². The molecule has 0 aliphatic carbocycles. The highest BCUT2D eigenvalue weighted by atomic mass is 127. The van der Waals surface area contributed by atoms with Crippen LogP contribution in [0.25, 0.3) is 0 Å². The van der Waals surface area contributed by atoms with Gasteiger partial charge in [-0.25, -0.2) is 4.99 Å². The van der Waals surface area contributed by atoms with Crippen LogP contribution in [-0.2, 0) is 11.3 Å². The number of fused-ring (bicyclic) bond motifs is 1. The number of rotatable bonds is 7. The second kappa shape index (κ2) is 11.8. The predicted octanol–water partition coefficient (Wildman–Crippen LogP) is 2.93.